The third kappa shape index (κ3) is 1.73. The number of hydrogen-bond donors (Lipinski definition) is 0. The number of fused-ring (bicyclic) bond motifs is 5. The Balaban J connectivity index is 0.00000144. The van der Waals surface area contributed by atoms with E-state index in [-0.39, 0.29) is 31.1 Å². The van der Waals surface area contributed by atoms with Gasteiger partial charge in [-0.3, -0.25) is 4.98 Å². The van der Waals surface area contributed by atoms with Crippen LogP contribution in [-0.2, 0) is 31.1 Å². The minimum atomic E-state index is -0.0549. The van der Waals surface area contributed by atoms with Gasteiger partial charge in [0.15, 0.2) is 0 Å². The summed E-state index contributed by atoms with van der Waals surface area (Å²) in [4.78, 5) is 4.89. The van der Waals surface area contributed by atoms with Gasteiger partial charge in [-0.15, -0.1) is 35.4 Å². The Labute approximate surface area is 144 Å². The van der Waals surface area contributed by atoms with Gasteiger partial charge >= 0.3 is 0 Å². The summed E-state index contributed by atoms with van der Waals surface area (Å²) in [6.45, 7) is 9.25. The Morgan fingerprint density at radius 3 is 2.50 bits per heavy atom. The molecule has 3 aromatic rings. The molecule has 0 bridgehead atoms. The summed E-state index contributed by atoms with van der Waals surface area (Å²) in [6.07, 6.45) is 0. The fourth-order valence-electron chi connectivity index (χ4n) is 3.51. The maximum absolute atomic E-state index is 4.89. The van der Waals surface area contributed by atoms with Crippen LogP contribution in [0.4, 0.5) is 0 Å². The number of benzene rings is 2. The zero-order valence-corrected chi connectivity index (χ0v) is 15.7. The van der Waals surface area contributed by atoms with E-state index >= 15 is 0 Å². The quantitative estimate of drug-likeness (QED) is 0.445. The summed E-state index contributed by atoms with van der Waals surface area (Å²) >= 11 is 0. The van der Waals surface area contributed by atoms with Gasteiger partial charge in [0.1, 0.15) is 0 Å². The number of aromatic nitrogens is 2. The van der Waals surface area contributed by atoms with Crippen LogP contribution in [-0.4, -0.2) is 9.55 Å². The first-order chi connectivity index (χ1) is 9.94. The molecule has 1 radical (unpaired) electrons. The van der Waals surface area contributed by atoms with Gasteiger partial charge in [0.05, 0.1) is 16.9 Å². The molecule has 0 spiro atoms. The van der Waals surface area contributed by atoms with E-state index in [4.69, 9.17) is 4.98 Å². The molecule has 1 aliphatic rings. The molecule has 0 unspecified atom stereocenters. The van der Waals surface area contributed by atoms with Gasteiger partial charge in [-0.05, 0) is 31.4 Å². The maximum atomic E-state index is 4.89. The number of nitrogens with zero attached hydrogens (tertiary/aromatic N) is 2. The minimum Gasteiger partial charge on any atom is -0.359 e. The monoisotopic (exact) mass is 468 g/mol. The average Bonchev–Trinajstić information content (AvgIpc) is 2.86. The molecule has 0 fully saturated rings. The number of para-hydroxylation sites is 2. The number of hydrogen-bond acceptors (Lipinski definition) is 1. The summed E-state index contributed by atoms with van der Waals surface area (Å²) in [5.41, 5.74) is 4.68. The number of rotatable bonds is 0. The Morgan fingerprint density at radius 1 is 1.00 bits per heavy atom. The second-order valence-electron chi connectivity index (χ2n) is 6.90. The van der Waals surface area contributed by atoms with Crippen molar-refractivity contribution in [2.24, 2.45) is 0 Å². The second kappa shape index (κ2) is 4.78. The Hall–Kier alpha value is -1.44. The molecule has 2 aromatic carbocycles. The van der Waals surface area contributed by atoms with Crippen LogP contribution in [0, 0.1) is 6.07 Å². The van der Waals surface area contributed by atoms with E-state index < -0.39 is 0 Å². The van der Waals surface area contributed by atoms with Crippen molar-refractivity contribution < 1.29 is 20.1 Å². The Kier molecular flexibility index (Phi) is 3.35. The third-order valence-electron chi connectivity index (χ3n) is 5.40. The van der Waals surface area contributed by atoms with Gasteiger partial charge < -0.3 is 4.57 Å². The molecule has 115 valence electrons. The Morgan fingerprint density at radius 2 is 1.73 bits per heavy atom. The van der Waals surface area contributed by atoms with Crippen LogP contribution in [0.15, 0.2) is 42.5 Å². The maximum Gasteiger partial charge on any atom is 0.0770 e. The smallest absolute Gasteiger partial charge is 0.0770 e. The summed E-state index contributed by atoms with van der Waals surface area (Å²) in [5.74, 6) is 1.04. The van der Waals surface area contributed by atoms with Crippen LogP contribution >= 0.6 is 0 Å². The molecule has 3 heteroatoms. The van der Waals surface area contributed by atoms with Crippen molar-refractivity contribution in [2.45, 2.75) is 38.6 Å². The zero-order valence-electron chi connectivity index (χ0n) is 13.3. The van der Waals surface area contributed by atoms with E-state index in [1.807, 2.05) is 6.07 Å². The van der Waals surface area contributed by atoms with Crippen LogP contribution in [0.5, 0.6) is 0 Å². The van der Waals surface area contributed by atoms with E-state index in [1.54, 1.807) is 0 Å². The van der Waals surface area contributed by atoms with Crippen LogP contribution < -0.4 is 0 Å². The van der Waals surface area contributed by atoms with E-state index in [1.165, 1.54) is 11.1 Å². The van der Waals surface area contributed by atoms with E-state index in [0.29, 0.717) is 0 Å². The summed E-state index contributed by atoms with van der Waals surface area (Å²) < 4.78 is 2.39. The molecule has 4 rings (SSSR count). The predicted octanol–water partition coefficient (Wildman–Crippen LogP) is 4.53. The molecule has 0 atom stereocenters. The topological polar surface area (TPSA) is 17.8 Å². The minimum absolute atomic E-state index is 0. The fraction of sp³-hybridized carbons (Fsp3) is 0.316. The first-order valence-corrected chi connectivity index (χ1v) is 7.44. The third-order valence-corrected chi connectivity index (χ3v) is 5.40. The second-order valence-corrected chi connectivity index (χ2v) is 6.90. The van der Waals surface area contributed by atoms with Crippen molar-refractivity contribution in [3.05, 3.63) is 54.1 Å². The molecule has 0 amide bonds. The first-order valence-electron chi connectivity index (χ1n) is 7.44. The van der Waals surface area contributed by atoms with Gasteiger partial charge in [0.25, 0.3) is 0 Å². The van der Waals surface area contributed by atoms with Gasteiger partial charge in [0, 0.05) is 25.6 Å². The van der Waals surface area contributed by atoms with Gasteiger partial charge in [-0.1, -0.05) is 26.0 Å². The zero-order chi connectivity index (χ0) is 14.8. The van der Waals surface area contributed by atoms with E-state index in [9.17, 15) is 0 Å². The van der Waals surface area contributed by atoms with Crippen molar-refractivity contribution in [3.63, 3.8) is 0 Å². The van der Waals surface area contributed by atoms with Crippen LogP contribution in [0.1, 0.15) is 33.3 Å². The van der Waals surface area contributed by atoms with Crippen molar-refractivity contribution in [1.29, 1.82) is 0 Å². The van der Waals surface area contributed by atoms with E-state index in [2.05, 4.69) is 74.7 Å². The molecule has 0 saturated carbocycles. The van der Waals surface area contributed by atoms with Crippen LogP contribution in [0.3, 0.4) is 0 Å². The van der Waals surface area contributed by atoms with Gasteiger partial charge in [-0.2, -0.15) is 0 Å². The van der Waals surface area contributed by atoms with Crippen LogP contribution in [0.2, 0.25) is 0 Å². The van der Waals surface area contributed by atoms with Crippen molar-refractivity contribution in [1.82, 2.24) is 9.55 Å². The van der Waals surface area contributed by atoms with Gasteiger partial charge in [-0.25, -0.2) is 0 Å². The molecule has 22 heavy (non-hydrogen) atoms. The van der Waals surface area contributed by atoms with Gasteiger partial charge in [0.2, 0.25) is 0 Å². The molecule has 0 aliphatic carbocycles. The molecular formula is C19H19IrN2-. The van der Waals surface area contributed by atoms with Crippen LogP contribution in [0.25, 0.3) is 22.4 Å². The normalized spacial score (nSPS) is 17.5. The van der Waals surface area contributed by atoms with Crippen molar-refractivity contribution in [2.75, 3.05) is 0 Å². The Bertz CT molecular complexity index is 859. The molecule has 2 nitrogen and oxygen atoms in total. The molecule has 2 heterocycles. The van der Waals surface area contributed by atoms with Crippen molar-refractivity contribution in [3.8, 4) is 11.4 Å². The largest absolute Gasteiger partial charge is 0.359 e. The predicted molar refractivity (Wildman–Crippen MR) is 86.4 cm³/mol. The standard InChI is InChI=1S/C19H19N2.Ir/c1-18(2)14-10-6-5-9-13(14)17-20-15-11-7-8-12-16(15)21(17)19(18,3)4;/h5-8,10-12H,1-4H3;/q-1;. The molecule has 1 aliphatic heterocycles. The van der Waals surface area contributed by atoms with Crippen molar-refractivity contribution >= 4 is 11.0 Å². The fourth-order valence-corrected chi connectivity index (χ4v) is 3.51. The number of imidazole rings is 1. The molecule has 0 N–H and O–H groups in total. The molecule has 0 saturated heterocycles. The van der Waals surface area contributed by atoms with E-state index in [0.717, 1.165) is 16.9 Å². The first kappa shape index (κ1) is 15.5. The molecule has 1 aromatic heterocycles. The molecular weight excluding hydrogens is 448 g/mol. The summed E-state index contributed by atoms with van der Waals surface area (Å²) in [5, 5.41) is 0. The average molecular weight is 468 g/mol. The summed E-state index contributed by atoms with van der Waals surface area (Å²) in [7, 11) is 0. The summed E-state index contributed by atoms with van der Waals surface area (Å²) in [6, 6.07) is 18.1. The SMILES string of the molecule is CC1(C)c2ccc[c-]c2-c2nc3ccccc3n2C1(C)C.[Ir].